The summed E-state index contributed by atoms with van der Waals surface area (Å²) in [5.41, 5.74) is 3.18. The number of halogens is 1. The second-order valence-electron chi connectivity index (χ2n) is 7.94. The lowest BCUT2D eigenvalue weighted by molar-refractivity contribution is 0.370. The standard InChI is InChI=1S/C24H24FN3O4S2/c1-3-33(29,30)27-20-9-6-8-18(15-20)23-16-24(22-10-5-4-7-17(22)2)28(26-23)34(31,32)21-13-11-19(25)12-14-21/h4-15,24,27H,3,16H2,1-2H3. The van der Waals surface area contributed by atoms with Crippen LogP contribution in [0.2, 0.25) is 0 Å². The molecule has 0 radical (unpaired) electrons. The number of hydrazone groups is 1. The first-order valence-corrected chi connectivity index (χ1v) is 13.7. The van der Waals surface area contributed by atoms with Gasteiger partial charge in [0, 0.05) is 12.1 Å². The van der Waals surface area contributed by atoms with Gasteiger partial charge in [-0.05, 0) is 66.9 Å². The molecule has 0 fully saturated rings. The summed E-state index contributed by atoms with van der Waals surface area (Å²) in [6.45, 7) is 3.44. The molecule has 1 aliphatic rings. The average molecular weight is 502 g/mol. The van der Waals surface area contributed by atoms with Crippen LogP contribution in [0.25, 0.3) is 0 Å². The van der Waals surface area contributed by atoms with Gasteiger partial charge in [-0.1, -0.05) is 36.4 Å². The summed E-state index contributed by atoms with van der Waals surface area (Å²) in [4.78, 5) is -0.0676. The number of hydrogen-bond acceptors (Lipinski definition) is 5. The van der Waals surface area contributed by atoms with Gasteiger partial charge in [-0.15, -0.1) is 0 Å². The van der Waals surface area contributed by atoms with Crippen molar-refractivity contribution in [3.05, 3.63) is 95.3 Å². The van der Waals surface area contributed by atoms with Gasteiger partial charge in [0.15, 0.2) is 0 Å². The number of sulfonamides is 2. The minimum absolute atomic E-state index is 0.0676. The molecule has 7 nitrogen and oxygen atoms in total. The molecule has 0 saturated heterocycles. The van der Waals surface area contributed by atoms with Gasteiger partial charge in [0.1, 0.15) is 5.82 Å². The van der Waals surface area contributed by atoms with Crippen LogP contribution in [0.5, 0.6) is 0 Å². The Morgan fingerprint density at radius 2 is 1.71 bits per heavy atom. The summed E-state index contributed by atoms with van der Waals surface area (Å²) in [5.74, 6) is -0.608. The molecule has 1 aliphatic heterocycles. The first kappa shape index (κ1) is 23.9. The molecule has 3 aromatic rings. The van der Waals surface area contributed by atoms with Crippen LogP contribution < -0.4 is 4.72 Å². The van der Waals surface area contributed by atoms with Gasteiger partial charge < -0.3 is 0 Å². The van der Waals surface area contributed by atoms with Crippen LogP contribution in [0, 0.1) is 12.7 Å². The van der Waals surface area contributed by atoms with Crippen molar-refractivity contribution in [3.8, 4) is 0 Å². The molecular formula is C24H24FN3O4S2. The van der Waals surface area contributed by atoms with Crippen molar-refractivity contribution in [3.63, 3.8) is 0 Å². The van der Waals surface area contributed by atoms with E-state index >= 15 is 0 Å². The second-order valence-corrected chi connectivity index (χ2v) is 11.7. The molecule has 0 spiro atoms. The number of anilines is 1. The van der Waals surface area contributed by atoms with Gasteiger partial charge in [0.25, 0.3) is 10.0 Å². The fourth-order valence-corrected chi connectivity index (χ4v) is 5.86. The van der Waals surface area contributed by atoms with Crippen LogP contribution in [0.15, 0.2) is 82.8 Å². The Hall–Kier alpha value is -3.24. The zero-order chi connectivity index (χ0) is 24.5. The lowest BCUT2D eigenvalue weighted by atomic mass is 9.96. The van der Waals surface area contributed by atoms with E-state index < -0.39 is 31.9 Å². The molecule has 0 bridgehead atoms. The number of benzene rings is 3. The SMILES string of the molecule is CCS(=O)(=O)Nc1cccc(C2=NN(S(=O)(=O)c3ccc(F)cc3)C(c3ccccc3C)C2)c1. The second kappa shape index (κ2) is 9.19. The van der Waals surface area contributed by atoms with Crippen molar-refractivity contribution in [2.45, 2.75) is 31.2 Å². The maximum atomic E-state index is 13.5. The van der Waals surface area contributed by atoms with E-state index in [0.29, 0.717) is 17.0 Å². The van der Waals surface area contributed by atoms with E-state index in [-0.39, 0.29) is 17.1 Å². The zero-order valence-corrected chi connectivity index (χ0v) is 20.3. The molecule has 1 N–H and O–H groups in total. The largest absolute Gasteiger partial charge is 0.284 e. The quantitative estimate of drug-likeness (QED) is 0.518. The Morgan fingerprint density at radius 3 is 2.38 bits per heavy atom. The van der Waals surface area contributed by atoms with Crippen molar-refractivity contribution < 1.29 is 21.2 Å². The molecule has 1 heterocycles. The van der Waals surface area contributed by atoms with Gasteiger partial charge in [-0.3, -0.25) is 4.72 Å². The van der Waals surface area contributed by atoms with E-state index in [1.807, 2.05) is 31.2 Å². The highest BCUT2D eigenvalue weighted by atomic mass is 32.2. The lowest BCUT2D eigenvalue weighted by Crippen LogP contribution is -2.27. The Balaban J connectivity index is 1.78. The van der Waals surface area contributed by atoms with Gasteiger partial charge in [-0.2, -0.15) is 17.9 Å². The van der Waals surface area contributed by atoms with Gasteiger partial charge in [0.05, 0.1) is 22.4 Å². The summed E-state index contributed by atoms with van der Waals surface area (Å²) < 4.78 is 68.0. The summed E-state index contributed by atoms with van der Waals surface area (Å²) >= 11 is 0. The van der Waals surface area contributed by atoms with Crippen LogP contribution in [-0.4, -0.2) is 32.7 Å². The van der Waals surface area contributed by atoms with E-state index in [1.54, 1.807) is 24.3 Å². The summed E-state index contributed by atoms with van der Waals surface area (Å²) in [6.07, 6.45) is 0.287. The van der Waals surface area contributed by atoms with E-state index in [2.05, 4.69) is 9.82 Å². The van der Waals surface area contributed by atoms with Crippen LogP contribution >= 0.6 is 0 Å². The normalized spacial score (nSPS) is 16.4. The van der Waals surface area contributed by atoms with Crippen LogP contribution in [0.1, 0.15) is 36.1 Å². The third-order valence-corrected chi connectivity index (χ3v) is 8.63. The third-order valence-electron chi connectivity index (χ3n) is 5.63. The van der Waals surface area contributed by atoms with E-state index in [0.717, 1.165) is 27.7 Å². The highest BCUT2D eigenvalue weighted by Crippen LogP contribution is 2.38. The van der Waals surface area contributed by atoms with Crippen LogP contribution in [-0.2, 0) is 20.0 Å². The molecule has 0 aromatic heterocycles. The first-order valence-electron chi connectivity index (χ1n) is 10.6. The van der Waals surface area contributed by atoms with Crippen molar-refractivity contribution in [2.75, 3.05) is 10.5 Å². The minimum Gasteiger partial charge on any atom is -0.284 e. The highest BCUT2D eigenvalue weighted by molar-refractivity contribution is 7.92. The zero-order valence-electron chi connectivity index (χ0n) is 18.6. The molecule has 3 aromatic carbocycles. The van der Waals surface area contributed by atoms with Crippen molar-refractivity contribution in [1.29, 1.82) is 0 Å². The maximum absolute atomic E-state index is 13.5. The number of aryl methyl sites for hydroxylation is 1. The van der Waals surface area contributed by atoms with Gasteiger partial charge in [-0.25, -0.2) is 12.8 Å². The van der Waals surface area contributed by atoms with Crippen LogP contribution in [0.3, 0.4) is 0 Å². The minimum atomic E-state index is -4.09. The molecule has 4 rings (SSSR count). The number of rotatable bonds is 7. The molecule has 1 atom stereocenters. The molecular weight excluding hydrogens is 477 g/mol. The molecule has 0 aliphatic carbocycles. The molecule has 178 valence electrons. The molecule has 34 heavy (non-hydrogen) atoms. The van der Waals surface area contributed by atoms with Crippen molar-refractivity contribution in [2.24, 2.45) is 5.10 Å². The third kappa shape index (κ3) is 4.83. The predicted octanol–water partition coefficient (Wildman–Crippen LogP) is 4.44. The number of hydrogen-bond donors (Lipinski definition) is 1. The highest BCUT2D eigenvalue weighted by Gasteiger charge is 2.38. The molecule has 0 amide bonds. The number of nitrogens with one attached hydrogen (secondary N) is 1. The average Bonchev–Trinajstić information content (AvgIpc) is 3.26. The predicted molar refractivity (Wildman–Crippen MR) is 130 cm³/mol. The van der Waals surface area contributed by atoms with Gasteiger partial charge >= 0.3 is 0 Å². The Bertz CT molecular complexity index is 1450. The smallest absolute Gasteiger partial charge is 0.279 e. The molecule has 1 unspecified atom stereocenters. The molecule has 10 heteroatoms. The topological polar surface area (TPSA) is 95.9 Å². The number of nitrogens with zero attached hydrogens (tertiary/aromatic N) is 2. The Kier molecular flexibility index (Phi) is 6.46. The fraction of sp³-hybridized carbons (Fsp3) is 0.208. The van der Waals surface area contributed by atoms with E-state index in [1.165, 1.54) is 19.1 Å². The van der Waals surface area contributed by atoms with Crippen molar-refractivity contribution >= 4 is 31.4 Å². The monoisotopic (exact) mass is 501 g/mol. The van der Waals surface area contributed by atoms with E-state index in [9.17, 15) is 21.2 Å². The maximum Gasteiger partial charge on any atom is 0.279 e. The Labute approximate surface area is 199 Å². The van der Waals surface area contributed by atoms with E-state index in [4.69, 9.17) is 0 Å². The van der Waals surface area contributed by atoms with Crippen LogP contribution in [0.4, 0.5) is 10.1 Å². The van der Waals surface area contributed by atoms with Crippen molar-refractivity contribution in [1.82, 2.24) is 4.41 Å². The Morgan fingerprint density at radius 1 is 1.00 bits per heavy atom. The fourth-order valence-electron chi connectivity index (χ4n) is 3.81. The molecule has 0 saturated carbocycles. The summed E-state index contributed by atoms with van der Waals surface area (Å²) in [7, 11) is -7.56. The lowest BCUT2D eigenvalue weighted by Gasteiger charge is -2.24. The summed E-state index contributed by atoms with van der Waals surface area (Å²) in [6, 6.07) is 18.2. The summed E-state index contributed by atoms with van der Waals surface area (Å²) in [5, 5.41) is 4.48. The van der Waals surface area contributed by atoms with Gasteiger partial charge in [0.2, 0.25) is 10.0 Å². The first-order chi connectivity index (χ1) is 16.1.